The molecule has 21 nitrogen and oxygen atoms in total. The molecule has 470 valence electrons. The second-order valence-corrected chi connectivity index (χ2v) is 19.0. The van der Waals surface area contributed by atoms with E-state index in [4.69, 9.17) is 126 Å². The van der Waals surface area contributed by atoms with Gasteiger partial charge in [-0.2, -0.15) is 10.4 Å². The molecule has 0 spiro atoms. The first-order valence-electron chi connectivity index (χ1n) is 23.9. The fraction of sp³-hybridized carbons (Fsp3) is 0.228. The summed E-state index contributed by atoms with van der Waals surface area (Å²) in [5, 5.41) is 30.4. The van der Waals surface area contributed by atoms with Crippen molar-refractivity contribution in [2.24, 2.45) is 17.4 Å². The number of thioether (sulfide) groups is 1. The molecule has 0 unspecified atom stereocenters. The van der Waals surface area contributed by atoms with Gasteiger partial charge in [0.25, 0.3) is 0 Å². The Morgan fingerprint density at radius 1 is 0.727 bits per heavy atom. The van der Waals surface area contributed by atoms with E-state index < -0.39 is 11.9 Å². The van der Waals surface area contributed by atoms with Crippen molar-refractivity contribution in [2.75, 3.05) is 46.7 Å². The Bertz CT molecular complexity index is 3310. The van der Waals surface area contributed by atoms with E-state index in [9.17, 15) is 9.59 Å². The zero-order valence-electron chi connectivity index (χ0n) is 49.9. The average molecular weight is 1490 g/mol. The number of hydrogen-bond donors (Lipinski definition) is 5. The van der Waals surface area contributed by atoms with Gasteiger partial charge in [-0.05, 0) is 130 Å². The van der Waals surface area contributed by atoms with Gasteiger partial charge in [0.2, 0.25) is 0 Å². The summed E-state index contributed by atoms with van der Waals surface area (Å²) in [5.74, 6) is 13.1. The molecule has 0 aliphatic rings. The molecule has 2 heterocycles. The van der Waals surface area contributed by atoms with Crippen LogP contribution >= 0.6 is 105 Å². The van der Waals surface area contributed by atoms with Crippen LogP contribution in [-0.2, 0) is 37.4 Å². The molecule has 0 saturated carbocycles. The number of benzene rings is 5. The monoisotopic (exact) mass is 1490 g/mol. The zero-order valence-corrected chi connectivity index (χ0v) is 60.4. The molecule has 0 bridgehead atoms. The first kappa shape index (κ1) is 88.6. The number of esters is 2. The Kier molecular flexibility index (Phi) is 52.3. The normalized spacial score (nSPS) is 9.17. The number of carbonyl (C=O) groups excluding carboxylic acids is 3. The van der Waals surface area contributed by atoms with Crippen molar-refractivity contribution in [3.8, 4) is 69.9 Å². The molecule has 31 heteroatoms. The third-order valence-electron chi connectivity index (χ3n) is 9.24. The number of H-pyrrole nitrogens is 1. The molecule has 0 aliphatic carbocycles. The molecular formula is C57H66Cl5IN11NaO10S3. The maximum atomic E-state index is 11.4. The van der Waals surface area contributed by atoms with Crippen LogP contribution in [0.3, 0.4) is 0 Å². The summed E-state index contributed by atoms with van der Waals surface area (Å²) in [4.78, 5) is 40.1. The predicted molar refractivity (Wildman–Crippen MR) is 366 cm³/mol. The maximum absolute atomic E-state index is 11.4. The fourth-order valence-corrected chi connectivity index (χ4v) is 7.19. The Hall–Kier alpha value is -5.86. The van der Waals surface area contributed by atoms with Crippen LogP contribution in [0.5, 0.6) is 28.7 Å². The molecule has 0 radical (unpaired) electrons. The molecule has 8 N–H and O–H groups in total. The Morgan fingerprint density at radius 3 is 1.56 bits per heavy atom. The molecule has 0 atom stereocenters. The number of methoxy groups -OCH3 is 5. The standard InChI is InChI=1S/C15H16ClN3O3.C9H8ClN3O.C9H10ClNOS.C8H8ClNOS.C8H6ClNO.C6H8O2.CH3I.CH2O.H4N2.Na.H2S/c1-10(2)22-14(20)6-7-19-9-17-15(18-19)12-8-11(16)4-5-13(12)21-3;1-14-8-3-2-6(10)4-7(8)9-11-5-12-13-9;1-12-8-4-3-6(10)5-7(8)9(11)13-2;1-11-7-3-2-5(9)4-6(7)8(10)12;1-11-8-3-2-7(9)4-6(8)5-10;1-4-6(7)8-5(2)3;3*1-2;;/h4-10H,1-3H3;2-5H,1H3,(H,11,12,13);3-5,11H,1-2H3;2-4H,1H3,(H2,10,12);2-4H,1H3;1,5H,2-3H3;1H3;1H2;1-2H2;;1H2/q;;;;;;;;;+1;/p-1/b7-6-;;;;;;;;;;. The number of halogens is 6. The van der Waals surface area contributed by atoms with Crippen LogP contribution in [0.25, 0.3) is 29.0 Å². The second-order valence-electron chi connectivity index (χ2n) is 15.5. The largest absolute Gasteiger partial charge is 1.00 e. The van der Waals surface area contributed by atoms with Crippen LogP contribution in [0, 0.1) is 29.1 Å². The predicted octanol–water partition coefficient (Wildman–Crippen LogP) is 9.39. The number of thiol groups is 1. The second kappa shape index (κ2) is 52.0. The van der Waals surface area contributed by atoms with Gasteiger partial charge in [0, 0.05) is 48.9 Å². The number of nitriles is 1. The first-order valence-corrected chi connectivity index (χ1v) is 29.6. The number of aromatic nitrogens is 6. The first-order chi connectivity index (χ1) is 41.1. The van der Waals surface area contributed by atoms with Gasteiger partial charge in [0.15, 0.2) is 11.6 Å². The number of ether oxygens (including phenoxy) is 7. The molecule has 5 aromatic carbocycles. The van der Waals surface area contributed by atoms with Crippen molar-refractivity contribution in [2.45, 2.75) is 39.9 Å². The van der Waals surface area contributed by atoms with Gasteiger partial charge in [-0.25, -0.2) is 24.2 Å². The van der Waals surface area contributed by atoms with Gasteiger partial charge < -0.3 is 57.2 Å². The average Bonchev–Trinajstić information content (AvgIpc) is 3.95. The van der Waals surface area contributed by atoms with Gasteiger partial charge in [0.05, 0.1) is 75.1 Å². The van der Waals surface area contributed by atoms with Crippen molar-refractivity contribution >= 4 is 153 Å². The minimum Gasteiger partial charge on any atom is -0.813 e. The number of aromatic amines is 1. The van der Waals surface area contributed by atoms with E-state index in [1.165, 1.54) is 48.5 Å². The van der Waals surface area contributed by atoms with E-state index in [2.05, 4.69) is 64.3 Å². The minimum absolute atomic E-state index is 0. The summed E-state index contributed by atoms with van der Waals surface area (Å²) in [5.41, 5.74) is 8.79. The van der Waals surface area contributed by atoms with E-state index in [0.717, 1.165) is 11.1 Å². The van der Waals surface area contributed by atoms with Crippen LogP contribution in [-0.4, -0.2) is 118 Å². The van der Waals surface area contributed by atoms with Crippen molar-refractivity contribution in [1.82, 2.24) is 29.9 Å². The van der Waals surface area contributed by atoms with Gasteiger partial charge >= 0.3 is 41.5 Å². The summed E-state index contributed by atoms with van der Waals surface area (Å²) in [6, 6.07) is 27.8. The number of nitrogens with zero attached hydrogens (tertiary/aromatic N) is 6. The van der Waals surface area contributed by atoms with Gasteiger partial charge in [0.1, 0.15) is 59.2 Å². The van der Waals surface area contributed by atoms with Crippen molar-refractivity contribution in [3.63, 3.8) is 0 Å². The zero-order chi connectivity index (χ0) is 65.9. The van der Waals surface area contributed by atoms with E-state index >= 15 is 0 Å². The SMILES string of the molecule is C#CC(=O)OC(C)C.C=O.CI.COc1ccc(Cl)cc1-c1ncn(/C=C\C(=O)OC(C)C)n1.COc1ccc(Cl)cc1-c1ncn[nH]1.COc1ccc(Cl)cc1C#N.COc1ccc(Cl)cc1C(=N)SC.COc1ccc(Cl)cc1C(N)=S.NN.[Na+].[SH-]. The maximum Gasteiger partial charge on any atom is 1.00 e. The number of hydrogen-bond acceptors (Lipinski definition) is 21. The third kappa shape index (κ3) is 34.8. The topological polar surface area (TPSA) is 314 Å². The fourth-order valence-electron chi connectivity index (χ4n) is 5.79. The molecular weight excluding hydrogens is 1420 g/mol. The number of terminal acetylenes is 1. The van der Waals surface area contributed by atoms with Gasteiger partial charge in [-0.1, -0.05) is 92.8 Å². The molecule has 0 amide bonds. The molecule has 88 heavy (non-hydrogen) atoms. The Labute approximate surface area is 590 Å². The summed E-state index contributed by atoms with van der Waals surface area (Å²) in [7, 11) is 7.82. The van der Waals surface area contributed by atoms with E-state index in [1.807, 2.05) is 30.0 Å². The summed E-state index contributed by atoms with van der Waals surface area (Å²) < 4.78 is 36.4. The molecule has 0 fully saturated rings. The summed E-state index contributed by atoms with van der Waals surface area (Å²) in [6.45, 7) is 9.06. The van der Waals surface area contributed by atoms with Crippen molar-refractivity contribution in [1.29, 1.82) is 10.7 Å². The van der Waals surface area contributed by atoms with Crippen LogP contribution in [0.1, 0.15) is 44.4 Å². The molecule has 7 aromatic rings. The quantitative estimate of drug-likeness (QED) is 0.00569. The number of thiocarbonyl (C=S) groups is 1. The number of nitrogens with two attached hydrogens (primary N) is 3. The molecule has 2 aromatic heterocycles. The van der Waals surface area contributed by atoms with Gasteiger partial charge in [-0.3, -0.25) is 22.2 Å². The Morgan fingerprint density at radius 2 is 1.15 bits per heavy atom. The number of carbonyl (C=O) groups is 3. The van der Waals surface area contributed by atoms with Crippen LogP contribution in [0.4, 0.5) is 0 Å². The smallest absolute Gasteiger partial charge is 0.813 e. The molecule has 0 aliphatic heterocycles. The van der Waals surface area contributed by atoms with Crippen LogP contribution in [0.2, 0.25) is 25.1 Å². The molecule has 0 saturated heterocycles. The number of alkyl halides is 1. The number of rotatable bonds is 13. The van der Waals surface area contributed by atoms with E-state index in [0.29, 0.717) is 87.2 Å². The third-order valence-corrected chi connectivity index (χ3v) is 11.3. The number of nitrogens with one attached hydrogen (secondary N) is 2. The van der Waals surface area contributed by atoms with E-state index in [1.54, 1.807) is 147 Å². The summed E-state index contributed by atoms with van der Waals surface area (Å²) in [6.07, 6.45) is 11.9. The van der Waals surface area contributed by atoms with E-state index in [-0.39, 0.29) is 60.2 Å². The minimum atomic E-state index is -0.597. The number of hydrazine groups is 1. The van der Waals surface area contributed by atoms with Crippen LogP contribution in [0.15, 0.2) is 110 Å². The Balaban J connectivity index is -0.000000482. The molecule has 7 rings (SSSR count). The van der Waals surface area contributed by atoms with Crippen molar-refractivity contribution in [3.05, 3.63) is 152 Å². The van der Waals surface area contributed by atoms with Gasteiger partial charge in [-0.15, -0.1) is 23.3 Å². The van der Waals surface area contributed by atoms with Crippen LogP contribution < -0.4 is 70.7 Å². The van der Waals surface area contributed by atoms with Crippen molar-refractivity contribution < 1.29 is 77.1 Å². The summed E-state index contributed by atoms with van der Waals surface area (Å²) >= 11 is 37.4.